The minimum atomic E-state index is 0.480. The molecule has 1 aromatic rings. The summed E-state index contributed by atoms with van der Waals surface area (Å²) in [4.78, 5) is 9.08. The summed E-state index contributed by atoms with van der Waals surface area (Å²) in [6.07, 6.45) is 22.4. The summed E-state index contributed by atoms with van der Waals surface area (Å²) >= 11 is 0. The summed E-state index contributed by atoms with van der Waals surface area (Å²) in [5.74, 6) is 1.06. The van der Waals surface area contributed by atoms with Crippen molar-refractivity contribution in [1.82, 2.24) is 0 Å². The van der Waals surface area contributed by atoms with Crippen LogP contribution in [0.25, 0.3) is 0 Å². The van der Waals surface area contributed by atoms with Gasteiger partial charge in [-0.1, -0.05) is 125 Å². The van der Waals surface area contributed by atoms with Gasteiger partial charge in [0.15, 0.2) is 12.4 Å². The monoisotopic (exact) mass is 381 g/mol. The molecule has 28 heavy (non-hydrogen) atoms. The Hall–Kier alpha value is -1.57. The van der Waals surface area contributed by atoms with Crippen LogP contribution in [0.4, 0.5) is 0 Å². The molecule has 0 spiro atoms. The van der Waals surface area contributed by atoms with Crippen LogP contribution < -0.4 is 0 Å². The van der Waals surface area contributed by atoms with Crippen LogP contribution in [-0.2, 0) is 6.42 Å². The van der Waals surface area contributed by atoms with Crippen molar-refractivity contribution in [2.24, 2.45) is 21.8 Å². The van der Waals surface area contributed by atoms with Gasteiger partial charge in [-0.2, -0.15) is 0 Å². The second-order valence-electron chi connectivity index (χ2n) is 8.51. The average Bonchev–Trinajstić information content (AvgIpc) is 3.24. The van der Waals surface area contributed by atoms with Gasteiger partial charge in [0.25, 0.3) is 0 Å². The van der Waals surface area contributed by atoms with Gasteiger partial charge in [-0.3, -0.25) is 0 Å². The highest BCUT2D eigenvalue weighted by Crippen LogP contribution is 2.33. The molecule has 2 heteroatoms. The van der Waals surface area contributed by atoms with Gasteiger partial charge in [0.1, 0.15) is 0 Å². The average molecular weight is 382 g/mol. The standard InChI is InChI=1S/C26H41N2/c1-3-4-5-6-7-8-9-10-11-12-16-19-25(26-27-20-21-28-26)23(2)22-24-17-14-13-15-18-24/h13-15,17-18,20-21,23,25H,3-12,16,19,22H2,1-2H3/q+1. The first-order valence-corrected chi connectivity index (χ1v) is 11.8. The maximum Gasteiger partial charge on any atom is 0.244 e. The van der Waals surface area contributed by atoms with Crippen LogP contribution in [0.15, 0.2) is 40.3 Å². The zero-order valence-electron chi connectivity index (χ0n) is 18.3. The largest absolute Gasteiger partial charge is 0.244 e. The molecule has 1 aliphatic heterocycles. The molecule has 2 unspecified atom stereocenters. The van der Waals surface area contributed by atoms with Gasteiger partial charge in [-0.25, -0.2) is 0 Å². The van der Waals surface area contributed by atoms with E-state index in [2.05, 4.69) is 54.2 Å². The van der Waals surface area contributed by atoms with Crippen molar-refractivity contribution in [3.8, 4) is 0 Å². The van der Waals surface area contributed by atoms with Crippen LogP contribution in [0.1, 0.15) is 96.5 Å². The lowest BCUT2D eigenvalue weighted by molar-refractivity contribution is 0.330. The van der Waals surface area contributed by atoms with Gasteiger partial charge in [0, 0.05) is 0 Å². The zero-order chi connectivity index (χ0) is 19.9. The summed E-state index contributed by atoms with van der Waals surface area (Å²) < 4.78 is 0. The second kappa shape index (κ2) is 14.4. The van der Waals surface area contributed by atoms with Crippen LogP contribution in [0.2, 0.25) is 0 Å². The molecule has 0 radical (unpaired) electrons. The molecule has 2 atom stereocenters. The number of nitrogens with zero attached hydrogens (tertiary/aromatic N) is 2. The van der Waals surface area contributed by atoms with Gasteiger partial charge in [-0.05, 0) is 24.3 Å². The minimum absolute atomic E-state index is 0.480. The molecular weight excluding hydrogens is 340 g/mol. The maximum atomic E-state index is 4.54. The lowest BCUT2D eigenvalue weighted by atomic mass is 9.82. The van der Waals surface area contributed by atoms with Crippen molar-refractivity contribution in [3.05, 3.63) is 42.1 Å². The zero-order valence-corrected chi connectivity index (χ0v) is 18.3. The number of aliphatic imine (C=N–C) groups is 2. The fourth-order valence-corrected chi connectivity index (χ4v) is 4.27. The second-order valence-corrected chi connectivity index (χ2v) is 8.51. The molecule has 0 bridgehead atoms. The van der Waals surface area contributed by atoms with Crippen LogP contribution in [0.5, 0.6) is 0 Å². The van der Waals surface area contributed by atoms with Gasteiger partial charge in [0.05, 0.1) is 5.92 Å². The van der Waals surface area contributed by atoms with Crippen molar-refractivity contribution in [2.75, 3.05) is 0 Å². The van der Waals surface area contributed by atoms with E-state index >= 15 is 0 Å². The Balaban J connectivity index is 1.62. The Labute approximate surface area is 174 Å². The van der Waals surface area contributed by atoms with Crippen molar-refractivity contribution in [3.63, 3.8) is 0 Å². The van der Waals surface area contributed by atoms with Gasteiger partial charge in [-0.15, -0.1) is 0 Å². The van der Waals surface area contributed by atoms with Gasteiger partial charge >= 0.3 is 0 Å². The predicted octanol–water partition coefficient (Wildman–Crippen LogP) is 7.83. The van der Waals surface area contributed by atoms with Crippen molar-refractivity contribution in [2.45, 2.75) is 97.3 Å². The fourth-order valence-electron chi connectivity index (χ4n) is 4.27. The Morgan fingerprint density at radius 1 is 0.750 bits per heavy atom. The first-order chi connectivity index (χ1) is 13.8. The molecule has 1 aliphatic rings. The SMILES string of the molecule is CCCCCCCCCCCCCC([C+]1N=CC=N1)C(C)Cc1ccccc1. The van der Waals surface area contributed by atoms with Gasteiger partial charge in [0.2, 0.25) is 6.17 Å². The van der Waals surface area contributed by atoms with E-state index in [4.69, 9.17) is 0 Å². The summed E-state index contributed by atoms with van der Waals surface area (Å²) in [6, 6.07) is 10.8. The molecule has 0 saturated carbocycles. The quantitative estimate of drug-likeness (QED) is 0.206. The van der Waals surface area contributed by atoms with Crippen molar-refractivity contribution >= 4 is 12.4 Å². The molecule has 0 saturated heterocycles. The van der Waals surface area contributed by atoms with Crippen molar-refractivity contribution < 1.29 is 0 Å². The Bertz CT molecular complexity index is 537. The predicted molar refractivity (Wildman–Crippen MR) is 124 cm³/mol. The molecule has 0 amide bonds. The van der Waals surface area contributed by atoms with E-state index in [9.17, 15) is 0 Å². The third-order valence-corrected chi connectivity index (χ3v) is 6.02. The number of unbranched alkanes of at least 4 members (excludes halogenated alkanes) is 10. The highest BCUT2D eigenvalue weighted by Gasteiger charge is 2.33. The Morgan fingerprint density at radius 2 is 1.29 bits per heavy atom. The van der Waals surface area contributed by atoms with E-state index < -0.39 is 0 Å². The normalized spacial score (nSPS) is 15.3. The summed E-state index contributed by atoms with van der Waals surface area (Å²) in [5.41, 5.74) is 1.42. The lowest BCUT2D eigenvalue weighted by Gasteiger charge is -2.22. The smallest absolute Gasteiger partial charge is 0.0965 e. The topological polar surface area (TPSA) is 24.7 Å². The molecule has 2 rings (SSSR count). The van der Waals surface area contributed by atoms with E-state index in [0.717, 1.165) is 12.6 Å². The maximum absolute atomic E-state index is 4.54. The van der Waals surface area contributed by atoms with Crippen LogP contribution in [0, 0.1) is 18.0 Å². The van der Waals surface area contributed by atoms with Crippen LogP contribution in [0.3, 0.4) is 0 Å². The van der Waals surface area contributed by atoms with E-state index in [-0.39, 0.29) is 0 Å². The molecule has 2 nitrogen and oxygen atoms in total. The number of benzene rings is 1. The molecule has 1 aromatic carbocycles. The third kappa shape index (κ3) is 9.08. The summed E-state index contributed by atoms with van der Waals surface area (Å²) in [5, 5.41) is 0. The molecule has 1 heterocycles. The lowest BCUT2D eigenvalue weighted by Crippen LogP contribution is -2.19. The number of rotatable bonds is 16. The number of hydrogen-bond acceptors (Lipinski definition) is 2. The number of hydrogen-bond donors (Lipinski definition) is 0. The Morgan fingerprint density at radius 3 is 1.86 bits per heavy atom. The molecule has 0 fully saturated rings. The van der Waals surface area contributed by atoms with E-state index in [0.29, 0.717) is 11.8 Å². The highest BCUT2D eigenvalue weighted by molar-refractivity contribution is 6.18. The molecule has 154 valence electrons. The molecule has 0 aromatic heterocycles. The van der Waals surface area contributed by atoms with E-state index in [1.165, 1.54) is 82.6 Å². The van der Waals surface area contributed by atoms with E-state index in [1.807, 2.05) is 12.4 Å². The first-order valence-electron chi connectivity index (χ1n) is 11.8. The third-order valence-electron chi connectivity index (χ3n) is 6.02. The highest BCUT2D eigenvalue weighted by atomic mass is 15.0. The minimum Gasteiger partial charge on any atom is -0.0965 e. The van der Waals surface area contributed by atoms with Gasteiger partial charge < -0.3 is 0 Å². The van der Waals surface area contributed by atoms with Crippen LogP contribution in [-0.4, -0.2) is 12.4 Å². The fraction of sp³-hybridized carbons (Fsp3) is 0.654. The summed E-state index contributed by atoms with van der Waals surface area (Å²) in [6.45, 7) is 4.66. The summed E-state index contributed by atoms with van der Waals surface area (Å²) in [7, 11) is 0. The van der Waals surface area contributed by atoms with Crippen LogP contribution >= 0.6 is 0 Å². The van der Waals surface area contributed by atoms with E-state index in [1.54, 1.807) is 0 Å². The molecule has 0 aliphatic carbocycles. The molecule has 0 N–H and O–H groups in total. The Kier molecular flexibility index (Phi) is 11.7. The van der Waals surface area contributed by atoms with Crippen molar-refractivity contribution in [1.29, 1.82) is 0 Å². The first kappa shape index (κ1) is 22.7. The molecular formula is C26H41N2+.